The zero-order valence-electron chi connectivity index (χ0n) is 8.76. The molecule has 5 heteroatoms. The number of benzene rings is 1. The number of halogens is 1. The molecule has 0 aliphatic heterocycles. The second kappa shape index (κ2) is 5.75. The summed E-state index contributed by atoms with van der Waals surface area (Å²) in [5.74, 6) is -0.217. The summed E-state index contributed by atoms with van der Waals surface area (Å²) in [5, 5.41) is 5.84. The molecule has 17 heavy (non-hydrogen) atoms. The van der Waals surface area contributed by atoms with Crippen molar-refractivity contribution >= 4 is 39.4 Å². The third kappa shape index (κ3) is 3.51. The maximum Gasteiger partial charge on any atom is 0.271 e. The molecule has 0 spiro atoms. The number of thiophene rings is 1. The van der Waals surface area contributed by atoms with Gasteiger partial charge in [-0.05, 0) is 35.7 Å². The Morgan fingerprint density at radius 2 is 2.06 bits per heavy atom. The Bertz CT molecular complexity index is 520. The molecule has 0 aliphatic rings. The van der Waals surface area contributed by atoms with Crippen LogP contribution in [0.3, 0.4) is 0 Å². The molecule has 2 aromatic rings. The Labute approximate surface area is 111 Å². The van der Waals surface area contributed by atoms with Gasteiger partial charge >= 0.3 is 0 Å². The quantitative estimate of drug-likeness (QED) is 0.686. The van der Waals surface area contributed by atoms with E-state index in [0.29, 0.717) is 5.56 Å². The normalized spacial score (nSPS) is 10.6. The van der Waals surface area contributed by atoms with Crippen LogP contribution in [-0.2, 0) is 0 Å². The summed E-state index contributed by atoms with van der Waals surface area (Å²) >= 11 is 4.88. The van der Waals surface area contributed by atoms with Crippen LogP contribution in [0.4, 0.5) is 0 Å². The highest BCUT2D eigenvalue weighted by Crippen LogP contribution is 2.10. The van der Waals surface area contributed by atoms with Crippen molar-refractivity contribution in [3.05, 3.63) is 56.7 Å². The third-order valence-electron chi connectivity index (χ3n) is 2.01. The minimum atomic E-state index is -0.217. The molecular formula is C12H9BrN2OS. The zero-order chi connectivity index (χ0) is 12.1. The fourth-order valence-electron chi connectivity index (χ4n) is 1.19. The molecule has 1 aromatic carbocycles. The van der Waals surface area contributed by atoms with Gasteiger partial charge in [-0.25, -0.2) is 5.43 Å². The molecule has 3 nitrogen and oxygen atoms in total. The van der Waals surface area contributed by atoms with Gasteiger partial charge in [-0.15, -0.1) is 11.3 Å². The van der Waals surface area contributed by atoms with Gasteiger partial charge in [0.05, 0.1) is 6.21 Å². The van der Waals surface area contributed by atoms with Crippen molar-refractivity contribution in [1.82, 2.24) is 5.43 Å². The summed E-state index contributed by atoms with van der Waals surface area (Å²) in [6, 6.07) is 11.0. The maximum absolute atomic E-state index is 11.6. The SMILES string of the molecule is O=C(N/N=C\c1cccs1)c1ccc(Br)cc1. The molecule has 0 atom stereocenters. The van der Waals surface area contributed by atoms with Gasteiger partial charge in [-0.1, -0.05) is 22.0 Å². The number of hydrogen-bond donors (Lipinski definition) is 1. The van der Waals surface area contributed by atoms with Gasteiger partial charge in [0.2, 0.25) is 0 Å². The van der Waals surface area contributed by atoms with E-state index < -0.39 is 0 Å². The minimum Gasteiger partial charge on any atom is -0.267 e. The van der Waals surface area contributed by atoms with E-state index in [1.54, 1.807) is 29.7 Å². The molecule has 0 bridgehead atoms. The van der Waals surface area contributed by atoms with Crippen LogP contribution in [0.15, 0.2) is 51.4 Å². The lowest BCUT2D eigenvalue weighted by Crippen LogP contribution is -2.17. The second-order valence-corrected chi connectivity index (χ2v) is 5.12. The number of nitrogens with one attached hydrogen (secondary N) is 1. The Kier molecular flexibility index (Phi) is 4.06. The van der Waals surface area contributed by atoms with Crippen molar-refractivity contribution in [2.45, 2.75) is 0 Å². The highest BCUT2D eigenvalue weighted by atomic mass is 79.9. The first kappa shape index (κ1) is 12.0. The van der Waals surface area contributed by atoms with E-state index >= 15 is 0 Å². The monoisotopic (exact) mass is 308 g/mol. The Morgan fingerprint density at radius 1 is 1.29 bits per heavy atom. The first-order chi connectivity index (χ1) is 8.25. The van der Waals surface area contributed by atoms with E-state index in [1.165, 1.54) is 0 Å². The summed E-state index contributed by atoms with van der Waals surface area (Å²) in [4.78, 5) is 12.6. The molecule has 1 heterocycles. The van der Waals surface area contributed by atoms with Gasteiger partial charge in [0.1, 0.15) is 0 Å². The number of carbonyl (C=O) groups excluding carboxylic acids is 1. The van der Waals surface area contributed by atoms with Crippen LogP contribution in [0, 0.1) is 0 Å². The molecule has 1 aromatic heterocycles. The van der Waals surface area contributed by atoms with Gasteiger partial charge in [0, 0.05) is 14.9 Å². The Morgan fingerprint density at radius 3 is 2.71 bits per heavy atom. The molecule has 1 N–H and O–H groups in total. The highest BCUT2D eigenvalue weighted by Gasteiger charge is 2.02. The second-order valence-electron chi connectivity index (χ2n) is 3.22. The standard InChI is InChI=1S/C12H9BrN2OS/c13-10-5-3-9(4-6-10)12(16)15-14-8-11-2-1-7-17-11/h1-8H,(H,15,16)/b14-8-. The summed E-state index contributed by atoms with van der Waals surface area (Å²) in [5.41, 5.74) is 3.06. The van der Waals surface area contributed by atoms with E-state index in [0.717, 1.165) is 9.35 Å². The summed E-state index contributed by atoms with van der Waals surface area (Å²) in [6.07, 6.45) is 1.63. The van der Waals surface area contributed by atoms with Crippen molar-refractivity contribution < 1.29 is 4.79 Å². The molecule has 0 saturated carbocycles. The van der Waals surface area contributed by atoms with E-state index in [-0.39, 0.29) is 5.91 Å². The first-order valence-electron chi connectivity index (χ1n) is 4.88. The fraction of sp³-hybridized carbons (Fsp3) is 0. The largest absolute Gasteiger partial charge is 0.271 e. The van der Waals surface area contributed by atoms with Gasteiger partial charge in [-0.2, -0.15) is 5.10 Å². The van der Waals surface area contributed by atoms with E-state index in [9.17, 15) is 4.79 Å². The van der Waals surface area contributed by atoms with Crippen molar-refractivity contribution in [3.8, 4) is 0 Å². The van der Waals surface area contributed by atoms with E-state index in [1.807, 2.05) is 29.6 Å². The smallest absolute Gasteiger partial charge is 0.267 e. The van der Waals surface area contributed by atoms with Crippen LogP contribution in [0.2, 0.25) is 0 Å². The zero-order valence-corrected chi connectivity index (χ0v) is 11.2. The van der Waals surface area contributed by atoms with Crippen LogP contribution in [0.1, 0.15) is 15.2 Å². The average Bonchev–Trinajstić information content (AvgIpc) is 2.83. The third-order valence-corrected chi connectivity index (χ3v) is 3.34. The van der Waals surface area contributed by atoms with Gasteiger partial charge in [-0.3, -0.25) is 4.79 Å². The number of nitrogens with zero attached hydrogens (tertiary/aromatic N) is 1. The van der Waals surface area contributed by atoms with Crippen molar-refractivity contribution in [2.75, 3.05) is 0 Å². The lowest BCUT2D eigenvalue weighted by molar-refractivity contribution is 0.0955. The summed E-state index contributed by atoms with van der Waals surface area (Å²) in [7, 11) is 0. The number of hydrazone groups is 1. The minimum absolute atomic E-state index is 0.217. The molecule has 0 unspecified atom stereocenters. The van der Waals surface area contributed by atoms with Crippen LogP contribution >= 0.6 is 27.3 Å². The lowest BCUT2D eigenvalue weighted by atomic mass is 10.2. The van der Waals surface area contributed by atoms with Crippen molar-refractivity contribution in [1.29, 1.82) is 0 Å². The van der Waals surface area contributed by atoms with E-state index in [2.05, 4.69) is 26.5 Å². The van der Waals surface area contributed by atoms with Crippen molar-refractivity contribution in [3.63, 3.8) is 0 Å². The maximum atomic E-state index is 11.6. The molecule has 0 saturated heterocycles. The van der Waals surface area contributed by atoms with Gasteiger partial charge in [0.25, 0.3) is 5.91 Å². The van der Waals surface area contributed by atoms with E-state index in [4.69, 9.17) is 0 Å². The lowest BCUT2D eigenvalue weighted by Gasteiger charge is -1.99. The molecule has 0 radical (unpaired) electrons. The molecule has 0 fully saturated rings. The predicted octanol–water partition coefficient (Wildman–Crippen LogP) is 3.27. The Hall–Kier alpha value is -1.46. The number of rotatable bonds is 3. The summed E-state index contributed by atoms with van der Waals surface area (Å²) in [6.45, 7) is 0. The predicted molar refractivity (Wildman–Crippen MR) is 73.5 cm³/mol. The van der Waals surface area contributed by atoms with Gasteiger partial charge < -0.3 is 0 Å². The van der Waals surface area contributed by atoms with Crippen LogP contribution in [-0.4, -0.2) is 12.1 Å². The topological polar surface area (TPSA) is 41.5 Å². The van der Waals surface area contributed by atoms with Crippen LogP contribution in [0.25, 0.3) is 0 Å². The van der Waals surface area contributed by atoms with Crippen molar-refractivity contribution in [2.24, 2.45) is 5.10 Å². The number of hydrogen-bond acceptors (Lipinski definition) is 3. The summed E-state index contributed by atoms with van der Waals surface area (Å²) < 4.78 is 0.941. The van der Waals surface area contributed by atoms with Crippen LogP contribution in [0.5, 0.6) is 0 Å². The first-order valence-corrected chi connectivity index (χ1v) is 6.55. The molecular weight excluding hydrogens is 300 g/mol. The number of amides is 1. The molecule has 86 valence electrons. The average molecular weight is 309 g/mol. The van der Waals surface area contributed by atoms with Gasteiger partial charge in [0.15, 0.2) is 0 Å². The number of carbonyl (C=O) groups is 1. The highest BCUT2D eigenvalue weighted by molar-refractivity contribution is 9.10. The molecule has 0 aliphatic carbocycles. The molecule has 1 amide bonds. The molecule has 2 rings (SSSR count). The fourth-order valence-corrected chi connectivity index (χ4v) is 2.03. The van der Waals surface area contributed by atoms with Crippen LogP contribution < -0.4 is 5.43 Å². The Balaban J connectivity index is 1.96.